The van der Waals surface area contributed by atoms with E-state index in [9.17, 15) is 0 Å². The number of benzene rings is 1. The quantitative estimate of drug-likeness (QED) is 0.733. The molecule has 128 valence electrons. The number of fused-ring (bicyclic) bond motifs is 1. The summed E-state index contributed by atoms with van der Waals surface area (Å²) in [5.41, 5.74) is 3.48. The Labute approximate surface area is 147 Å². The standard InChI is InChI=1S/C19H21N5O/c1-14(19-21-18(22-25-19)15-7-5-9-20-12-15)24-11-10-23(2)17-8-4-3-6-16(17)13-24/h3-9,12,14H,10-11,13H2,1-2H3. The fourth-order valence-corrected chi connectivity index (χ4v) is 3.22. The summed E-state index contributed by atoms with van der Waals surface area (Å²) in [4.78, 5) is 13.4. The zero-order chi connectivity index (χ0) is 17.2. The molecule has 0 fully saturated rings. The third-order valence-electron chi connectivity index (χ3n) is 4.77. The van der Waals surface area contributed by atoms with Crippen LogP contribution in [0.15, 0.2) is 53.3 Å². The Morgan fingerprint density at radius 2 is 2.00 bits per heavy atom. The molecule has 1 aromatic carbocycles. The molecule has 1 unspecified atom stereocenters. The lowest BCUT2D eigenvalue weighted by molar-refractivity contribution is 0.172. The van der Waals surface area contributed by atoms with Crippen molar-refractivity contribution in [3.05, 3.63) is 60.2 Å². The summed E-state index contributed by atoms with van der Waals surface area (Å²) < 4.78 is 5.55. The second kappa shape index (κ2) is 6.64. The fraction of sp³-hybridized carbons (Fsp3) is 0.316. The van der Waals surface area contributed by atoms with Gasteiger partial charge in [0.25, 0.3) is 0 Å². The monoisotopic (exact) mass is 335 g/mol. The molecule has 0 spiro atoms. The summed E-state index contributed by atoms with van der Waals surface area (Å²) in [5.74, 6) is 1.23. The summed E-state index contributed by atoms with van der Waals surface area (Å²) in [5, 5.41) is 4.12. The molecular weight excluding hydrogens is 314 g/mol. The highest BCUT2D eigenvalue weighted by Gasteiger charge is 2.25. The van der Waals surface area contributed by atoms with Gasteiger partial charge in [-0.3, -0.25) is 9.88 Å². The summed E-state index contributed by atoms with van der Waals surface area (Å²) in [6, 6.07) is 12.4. The van der Waals surface area contributed by atoms with Gasteiger partial charge in [-0.25, -0.2) is 0 Å². The third kappa shape index (κ3) is 3.13. The summed E-state index contributed by atoms with van der Waals surface area (Å²) in [7, 11) is 2.14. The van der Waals surface area contributed by atoms with Gasteiger partial charge in [-0.1, -0.05) is 23.4 Å². The predicted octanol–water partition coefficient (Wildman–Crippen LogP) is 3.14. The minimum absolute atomic E-state index is 0.0532. The van der Waals surface area contributed by atoms with Gasteiger partial charge >= 0.3 is 0 Å². The van der Waals surface area contributed by atoms with Crippen LogP contribution in [0.2, 0.25) is 0 Å². The van der Waals surface area contributed by atoms with Crippen molar-refractivity contribution in [3.63, 3.8) is 0 Å². The molecule has 1 atom stereocenters. The number of nitrogens with zero attached hydrogens (tertiary/aromatic N) is 5. The first kappa shape index (κ1) is 15.8. The fourth-order valence-electron chi connectivity index (χ4n) is 3.22. The van der Waals surface area contributed by atoms with Crippen LogP contribution in [-0.2, 0) is 6.54 Å². The van der Waals surface area contributed by atoms with Gasteiger partial charge in [-0.15, -0.1) is 0 Å². The molecule has 0 saturated heterocycles. The van der Waals surface area contributed by atoms with Gasteiger partial charge in [0.1, 0.15) is 0 Å². The van der Waals surface area contributed by atoms with E-state index in [-0.39, 0.29) is 6.04 Å². The van der Waals surface area contributed by atoms with Crippen LogP contribution in [0, 0.1) is 0 Å². The minimum atomic E-state index is 0.0532. The maximum absolute atomic E-state index is 5.55. The van der Waals surface area contributed by atoms with Crippen LogP contribution >= 0.6 is 0 Å². The van der Waals surface area contributed by atoms with E-state index in [2.05, 4.69) is 63.2 Å². The van der Waals surface area contributed by atoms with Gasteiger partial charge in [0.2, 0.25) is 11.7 Å². The minimum Gasteiger partial charge on any atom is -0.373 e. The van der Waals surface area contributed by atoms with Crippen molar-refractivity contribution in [3.8, 4) is 11.4 Å². The zero-order valence-electron chi connectivity index (χ0n) is 14.5. The maximum Gasteiger partial charge on any atom is 0.244 e. The van der Waals surface area contributed by atoms with Crippen molar-refractivity contribution in [1.82, 2.24) is 20.0 Å². The molecule has 0 bridgehead atoms. The van der Waals surface area contributed by atoms with Crippen LogP contribution in [0.1, 0.15) is 24.4 Å². The molecule has 0 aliphatic carbocycles. The molecular formula is C19H21N5O. The van der Waals surface area contributed by atoms with E-state index in [1.807, 2.05) is 12.1 Å². The van der Waals surface area contributed by atoms with Crippen molar-refractivity contribution in [1.29, 1.82) is 0 Å². The Balaban J connectivity index is 1.57. The second-order valence-electron chi connectivity index (χ2n) is 6.39. The Morgan fingerprint density at radius 1 is 1.12 bits per heavy atom. The van der Waals surface area contributed by atoms with Crippen molar-refractivity contribution >= 4 is 5.69 Å². The van der Waals surface area contributed by atoms with E-state index in [1.165, 1.54) is 11.3 Å². The summed E-state index contributed by atoms with van der Waals surface area (Å²) >= 11 is 0. The first-order valence-corrected chi connectivity index (χ1v) is 8.49. The van der Waals surface area contributed by atoms with Crippen molar-refractivity contribution in [2.75, 3.05) is 25.0 Å². The first-order valence-electron chi connectivity index (χ1n) is 8.49. The summed E-state index contributed by atoms with van der Waals surface area (Å²) in [6.07, 6.45) is 3.48. The van der Waals surface area contributed by atoms with Gasteiger partial charge in [-0.2, -0.15) is 4.98 Å². The average Bonchev–Trinajstić information content (AvgIpc) is 3.09. The number of hydrogen-bond donors (Lipinski definition) is 0. The molecule has 0 radical (unpaired) electrons. The highest BCUT2D eigenvalue weighted by Crippen LogP contribution is 2.29. The number of rotatable bonds is 3. The highest BCUT2D eigenvalue weighted by molar-refractivity contribution is 5.54. The molecule has 6 nitrogen and oxygen atoms in total. The Bertz CT molecular complexity index is 848. The van der Waals surface area contributed by atoms with Crippen molar-refractivity contribution < 1.29 is 4.52 Å². The number of pyridine rings is 1. The second-order valence-corrected chi connectivity index (χ2v) is 6.39. The van der Waals surface area contributed by atoms with E-state index in [0.717, 1.165) is 25.2 Å². The lowest BCUT2D eigenvalue weighted by Gasteiger charge is -2.24. The number of para-hydroxylation sites is 1. The highest BCUT2D eigenvalue weighted by atomic mass is 16.5. The number of hydrogen-bond acceptors (Lipinski definition) is 6. The van der Waals surface area contributed by atoms with E-state index in [0.29, 0.717) is 11.7 Å². The molecule has 3 aromatic rings. The molecule has 0 saturated carbocycles. The van der Waals surface area contributed by atoms with Crippen LogP contribution in [0.3, 0.4) is 0 Å². The van der Waals surface area contributed by atoms with Crippen LogP contribution in [0.4, 0.5) is 5.69 Å². The lowest BCUT2D eigenvalue weighted by atomic mass is 10.1. The smallest absolute Gasteiger partial charge is 0.244 e. The molecule has 6 heteroatoms. The zero-order valence-corrected chi connectivity index (χ0v) is 14.5. The van der Waals surface area contributed by atoms with Gasteiger partial charge in [0.05, 0.1) is 6.04 Å². The van der Waals surface area contributed by atoms with Crippen LogP contribution in [0.25, 0.3) is 11.4 Å². The van der Waals surface area contributed by atoms with Crippen LogP contribution in [0.5, 0.6) is 0 Å². The molecule has 0 amide bonds. The maximum atomic E-state index is 5.55. The van der Waals surface area contributed by atoms with Gasteiger partial charge in [0.15, 0.2) is 0 Å². The number of likely N-dealkylation sites (N-methyl/N-ethyl adjacent to an activating group) is 1. The van der Waals surface area contributed by atoms with Gasteiger partial charge in [-0.05, 0) is 30.7 Å². The Hall–Kier alpha value is -2.73. The molecule has 25 heavy (non-hydrogen) atoms. The van der Waals surface area contributed by atoms with E-state index < -0.39 is 0 Å². The normalized spacial score (nSPS) is 16.3. The van der Waals surface area contributed by atoms with E-state index in [1.54, 1.807) is 12.4 Å². The number of aromatic nitrogens is 3. The SMILES string of the molecule is CC(c1nc(-c2cccnc2)no1)N1CCN(C)c2ccccc2C1. The topological polar surface area (TPSA) is 58.3 Å². The van der Waals surface area contributed by atoms with Crippen LogP contribution < -0.4 is 4.90 Å². The van der Waals surface area contributed by atoms with E-state index in [4.69, 9.17) is 4.52 Å². The molecule has 1 aliphatic heterocycles. The molecule has 1 aliphatic rings. The third-order valence-corrected chi connectivity index (χ3v) is 4.77. The summed E-state index contributed by atoms with van der Waals surface area (Å²) in [6.45, 7) is 4.89. The first-order chi connectivity index (χ1) is 12.2. The van der Waals surface area contributed by atoms with Crippen molar-refractivity contribution in [2.24, 2.45) is 0 Å². The lowest BCUT2D eigenvalue weighted by Crippen LogP contribution is -2.31. The predicted molar refractivity (Wildman–Crippen MR) is 96.1 cm³/mol. The largest absolute Gasteiger partial charge is 0.373 e. The Kier molecular flexibility index (Phi) is 4.19. The molecule has 0 N–H and O–H groups in total. The number of anilines is 1. The van der Waals surface area contributed by atoms with Crippen molar-refractivity contribution in [2.45, 2.75) is 19.5 Å². The Morgan fingerprint density at radius 3 is 2.84 bits per heavy atom. The van der Waals surface area contributed by atoms with Gasteiger partial charge in [0, 0.05) is 50.3 Å². The van der Waals surface area contributed by atoms with Crippen LogP contribution in [-0.4, -0.2) is 40.2 Å². The van der Waals surface area contributed by atoms with Gasteiger partial charge < -0.3 is 9.42 Å². The molecule has 2 aromatic heterocycles. The van der Waals surface area contributed by atoms with E-state index >= 15 is 0 Å². The average molecular weight is 335 g/mol. The molecule has 3 heterocycles. The molecule has 4 rings (SSSR count).